The number of amides is 2. The molecule has 26 heavy (non-hydrogen) atoms. The van der Waals surface area contributed by atoms with Crippen LogP contribution < -0.4 is 20.7 Å². The van der Waals surface area contributed by atoms with Crippen molar-refractivity contribution in [3.63, 3.8) is 0 Å². The van der Waals surface area contributed by atoms with E-state index in [1.165, 1.54) is 17.0 Å². The van der Waals surface area contributed by atoms with Crippen molar-refractivity contribution in [3.8, 4) is 5.75 Å². The Bertz CT molecular complexity index is 616. The van der Waals surface area contributed by atoms with Gasteiger partial charge in [-0.2, -0.15) is 20.5 Å². The van der Waals surface area contributed by atoms with Gasteiger partial charge in [0, 0.05) is 12.2 Å². The monoisotopic (exact) mass is 387 g/mol. The molecule has 1 unspecified atom stereocenters. The number of nitrogens with zero attached hydrogens (tertiary/aromatic N) is 1. The molecule has 1 saturated heterocycles. The number of halogens is 2. The van der Waals surface area contributed by atoms with Crippen LogP contribution in [0.15, 0.2) is 24.3 Å². The van der Waals surface area contributed by atoms with Crippen LogP contribution in [0.1, 0.15) is 19.3 Å². The van der Waals surface area contributed by atoms with Crippen molar-refractivity contribution in [2.45, 2.75) is 38.0 Å². The van der Waals surface area contributed by atoms with Gasteiger partial charge in [-0.1, -0.05) is 0 Å². The number of thioether (sulfide) groups is 1. The van der Waals surface area contributed by atoms with Crippen LogP contribution in [0.2, 0.25) is 0 Å². The molecule has 9 heteroatoms. The summed E-state index contributed by atoms with van der Waals surface area (Å²) in [5.41, 5.74) is 6.41. The minimum Gasteiger partial charge on any atom is -0.435 e. The summed E-state index contributed by atoms with van der Waals surface area (Å²) in [5.74, 6) is 0.230. The van der Waals surface area contributed by atoms with Gasteiger partial charge in [0.05, 0.1) is 6.04 Å². The number of carbonyl (C=O) groups is 2. The van der Waals surface area contributed by atoms with Gasteiger partial charge in [0.25, 0.3) is 0 Å². The molecular formula is C17H23F2N3O3S. The summed E-state index contributed by atoms with van der Waals surface area (Å²) in [4.78, 5) is 26.4. The second-order valence-electron chi connectivity index (χ2n) is 5.95. The van der Waals surface area contributed by atoms with E-state index in [1.54, 1.807) is 23.9 Å². The molecule has 1 aliphatic rings. The van der Waals surface area contributed by atoms with Gasteiger partial charge >= 0.3 is 6.61 Å². The first-order chi connectivity index (χ1) is 12.4. The number of carbonyl (C=O) groups excluding carboxylic acids is 2. The number of piperidine rings is 1. The highest BCUT2D eigenvalue weighted by atomic mass is 32.2. The van der Waals surface area contributed by atoms with Crippen molar-refractivity contribution < 1.29 is 23.1 Å². The fraction of sp³-hybridized carbons (Fsp3) is 0.529. The number of anilines is 1. The summed E-state index contributed by atoms with van der Waals surface area (Å²) in [6.45, 7) is -2.40. The molecule has 0 radical (unpaired) electrons. The topological polar surface area (TPSA) is 84.7 Å². The molecule has 2 atom stereocenters. The lowest BCUT2D eigenvalue weighted by atomic mass is 10.0. The third kappa shape index (κ3) is 5.57. The summed E-state index contributed by atoms with van der Waals surface area (Å²) >= 11 is 1.60. The number of ether oxygens (including phenoxy) is 1. The molecule has 0 bridgehead atoms. The molecule has 1 aromatic rings. The first-order valence-corrected chi connectivity index (χ1v) is 9.73. The average Bonchev–Trinajstić information content (AvgIpc) is 2.61. The maximum atomic E-state index is 12.7. The summed E-state index contributed by atoms with van der Waals surface area (Å²) < 4.78 is 28.7. The molecule has 0 spiro atoms. The molecular weight excluding hydrogens is 364 g/mol. The van der Waals surface area contributed by atoms with Gasteiger partial charge < -0.3 is 20.7 Å². The van der Waals surface area contributed by atoms with Gasteiger partial charge in [0.15, 0.2) is 0 Å². The Hall–Kier alpha value is -1.87. The predicted molar refractivity (Wildman–Crippen MR) is 97.6 cm³/mol. The van der Waals surface area contributed by atoms with E-state index in [0.717, 1.165) is 5.75 Å². The molecule has 1 fully saturated rings. The van der Waals surface area contributed by atoms with E-state index in [-0.39, 0.29) is 17.6 Å². The normalized spacial score (nSPS) is 18.7. The quantitative estimate of drug-likeness (QED) is 0.713. The number of alkyl halides is 2. The van der Waals surface area contributed by atoms with Gasteiger partial charge in [-0.05, 0) is 55.5 Å². The number of nitrogens with two attached hydrogens (primary N) is 1. The summed E-state index contributed by atoms with van der Waals surface area (Å²) in [5, 5.41) is 2.73. The smallest absolute Gasteiger partial charge is 0.387 e. The third-order valence-corrected chi connectivity index (χ3v) is 4.74. The maximum Gasteiger partial charge on any atom is 0.387 e. The number of hydrogen-bond acceptors (Lipinski definition) is 5. The van der Waals surface area contributed by atoms with Crippen LogP contribution in [-0.4, -0.2) is 49.1 Å². The van der Waals surface area contributed by atoms with Gasteiger partial charge in [-0.25, -0.2) is 0 Å². The summed E-state index contributed by atoms with van der Waals surface area (Å²) in [6.07, 6.45) is 3.74. The molecule has 1 heterocycles. The van der Waals surface area contributed by atoms with Crippen molar-refractivity contribution in [2.75, 3.05) is 23.5 Å². The molecule has 0 aromatic heterocycles. The first kappa shape index (κ1) is 20.4. The molecule has 0 aliphatic carbocycles. The van der Waals surface area contributed by atoms with Crippen LogP contribution >= 0.6 is 11.8 Å². The zero-order valence-electron chi connectivity index (χ0n) is 14.5. The standard InChI is InChI=1S/C17H23F2N3O3S/c1-26-10-8-13(20)15(23)21-14-3-2-9-22(16(14)24)11-4-6-12(7-5-11)25-17(18)19/h4-7,13-14,17H,2-3,8-10,20H2,1H3,(H,21,23)/t13-,14?/m0/s1. The van der Waals surface area contributed by atoms with E-state index in [4.69, 9.17) is 5.73 Å². The minimum atomic E-state index is -2.90. The molecule has 2 rings (SSSR count). The Labute approximate surface area is 155 Å². The highest BCUT2D eigenvalue weighted by molar-refractivity contribution is 7.98. The Morgan fingerprint density at radius 1 is 1.42 bits per heavy atom. The fourth-order valence-corrected chi connectivity index (χ4v) is 3.22. The van der Waals surface area contributed by atoms with E-state index in [0.29, 0.717) is 31.5 Å². The summed E-state index contributed by atoms with van der Waals surface area (Å²) in [6, 6.07) is 4.59. The number of nitrogens with one attached hydrogen (secondary N) is 1. The number of rotatable bonds is 8. The van der Waals surface area contributed by atoms with Crippen molar-refractivity contribution in [1.82, 2.24) is 5.32 Å². The van der Waals surface area contributed by atoms with Crippen LogP contribution in [0.3, 0.4) is 0 Å². The maximum absolute atomic E-state index is 12.7. The van der Waals surface area contributed by atoms with E-state index < -0.39 is 18.7 Å². The van der Waals surface area contributed by atoms with Crippen molar-refractivity contribution in [2.24, 2.45) is 5.73 Å². The largest absolute Gasteiger partial charge is 0.435 e. The van der Waals surface area contributed by atoms with Crippen molar-refractivity contribution in [1.29, 1.82) is 0 Å². The summed E-state index contributed by atoms with van der Waals surface area (Å²) in [7, 11) is 0. The fourth-order valence-electron chi connectivity index (χ4n) is 2.73. The molecule has 144 valence electrons. The van der Waals surface area contributed by atoms with E-state index in [2.05, 4.69) is 10.1 Å². The molecule has 1 aromatic carbocycles. The molecule has 1 aliphatic heterocycles. The van der Waals surface area contributed by atoms with Gasteiger partial charge in [-0.3, -0.25) is 9.59 Å². The molecule has 0 saturated carbocycles. The lowest BCUT2D eigenvalue weighted by Crippen LogP contribution is -2.55. The lowest BCUT2D eigenvalue weighted by molar-refractivity contribution is -0.129. The van der Waals surface area contributed by atoms with Gasteiger partial charge in [0.1, 0.15) is 11.8 Å². The Morgan fingerprint density at radius 3 is 2.73 bits per heavy atom. The van der Waals surface area contributed by atoms with E-state index >= 15 is 0 Å². The van der Waals surface area contributed by atoms with Crippen molar-refractivity contribution in [3.05, 3.63) is 24.3 Å². The van der Waals surface area contributed by atoms with Gasteiger partial charge in [0.2, 0.25) is 11.8 Å². The Balaban J connectivity index is 1.99. The molecule has 6 nitrogen and oxygen atoms in total. The van der Waals surface area contributed by atoms with Crippen LogP contribution in [0.5, 0.6) is 5.75 Å². The second-order valence-corrected chi connectivity index (χ2v) is 6.94. The predicted octanol–water partition coefficient (Wildman–Crippen LogP) is 1.98. The van der Waals surface area contributed by atoms with Gasteiger partial charge in [-0.15, -0.1) is 0 Å². The lowest BCUT2D eigenvalue weighted by Gasteiger charge is -2.33. The highest BCUT2D eigenvalue weighted by Crippen LogP contribution is 2.24. The number of benzene rings is 1. The van der Waals surface area contributed by atoms with Crippen molar-refractivity contribution >= 4 is 29.3 Å². The highest BCUT2D eigenvalue weighted by Gasteiger charge is 2.31. The Morgan fingerprint density at radius 2 is 2.12 bits per heavy atom. The van der Waals surface area contributed by atoms with Crippen LogP contribution in [0.4, 0.5) is 14.5 Å². The zero-order valence-corrected chi connectivity index (χ0v) is 15.3. The van der Waals surface area contributed by atoms with Crippen LogP contribution in [-0.2, 0) is 9.59 Å². The SMILES string of the molecule is CSCC[C@H](N)C(=O)NC1CCCN(c2ccc(OC(F)F)cc2)C1=O. The van der Waals surface area contributed by atoms with Crippen LogP contribution in [0.25, 0.3) is 0 Å². The molecule has 3 N–H and O–H groups in total. The second kappa shape index (κ2) is 9.72. The number of hydrogen-bond donors (Lipinski definition) is 2. The molecule has 2 amide bonds. The third-order valence-electron chi connectivity index (χ3n) is 4.10. The van der Waals surface area contributed by atoms with Crippen LogP contribution in [0, 0.1) is 0 Å². The first-order valence-electron chi connectivity index (χ1n) is 8.33. The van der Waals surface area contributed by atoms with E-state index in [1.807, 2.05) is 6.26 Å². The van der Waals surface area contributed by atoms with E-state index in [9.17, 15) is 18.4 Å². The Kier molecular flexibility index (Phi) is 7.65. The average molecular weight is 387 g/mol. The zero-order chi connectivity index (χ0) is 19.1. The minimum absolute atomic E-state index is 0.0258.